The number of benzene rings is 1. The first-order valence-corrected chi connectivity index (χ1v) is 3.91. The van der Waals surface area contributed by atoms with Crippen molar-refractivity contribution in [3.63, 3.8) is 0 Å². The summed E-state index contributed by atoms with van der Waals surface area (Å²) in [6, 6.07) is 7.00. The third-order valence-corrected chi connectivity index (χ3v) is 1.86. The van der Waals surface area contributed by atoms with E-state index in [1.165, 1.54) is 0 Å². The zero-order chi connectivity index (χ0) is 9.26. The van der Waals surface area contributed by atoms with E-state index < -0.39 is 0 Å². The molecule has 0 fully saturated rings. The second-order valence-corrected chi connectivity index (χ2v) is 2.79. The first-order valence-electron chi connectivity index (χ1n) is 3.91. The highest BCUT2D eigenvalue weighted by Crippen LogP contribution is 2.21. The van der Waals surface area contributed by atoms with Crippen LogP contribution in [0.1, 0.15) is 0 Å². The molecule has 0 saturated heterocycles. The molecule has 1 N–H and O–H groups in total. The zero-order valence-corrected chi connectivity index (χ0v) is 7.18. The summed E-state index contributed by atoms with van der Waals surface area (Å²) in [6.07, 6.45) is 1.66. The van der Waals surface area contributed by atoms with Crippen molar-refractivity contribution in [2.45, 2.75) is 0 Å². The van der Waals surface area contributed by atoms with Crippen LogP contribution < -0.4 is 0 Å². The number of nitrogens with zero attached hydrogens (tertiary/aromatic N) is 3. The Bertz CT molecular complexity index is 422. The molecule has 0 bridgehead atoms. The van der Waals surface area contributed by atoms with Gasteiger partial charge in [0.15, 0.2) is 0 Å². The standard InChI is InChI=1S/C9H9N3O/c1-12-9(6-10-11-12)7-3-2-4-8(13)5-7/h2-6,13H,1H3. The highest BCUT2D eigenvalue weighted by Gasteiger charge is 2.02. The highest BCUT2D eigenvalue weighted by atomic mass is 16.3. The Morgan fingerprint density at radius 1 is 1.38 bits per heavy atom. The Kier molecular flexibility index (Phi) is 1.73. The maximum absolute atomic E-state index is 9.25. The van der Waals surface area contributed by atoms with Crippen LogP contribution in [-0.4, -0.2) is 20.1 Å². The Morgan fingerprint density at radius 2 is 2.23 bits per heavy atom. The lowest BCUT2D eigenvalue weighted by Crippen LogP contribution is -1.93. The van der Waals surface area contributed by atoms with Crippen LogP contribution in [-0.2, 0) is 7.05 Å². The first-order chi connectivity index (χ1) is 6.27. The molecule has 4 nitrogen and oxygen atoms in total. The molecule has 0 spiro atoms. The van der Waals surface area contributed by atoms with Crippen LogP contribution in [0.3, 0.4) is 0 Å². The van der Waals surface area contributed by atoms with Crippen molar-refractivity contribution in [1.82, 2.24) is 15.0 Å². The summed E-state index contributed by atoms with van der Waals surface area (Å²) in [5, 5.41) is 16.8. The van der Waals surface area contributed by atoms with Crippen molar-refractivity contribution in [3.8, 4) is 17.0 Å². The molecule has 0 aliphatic heterocycles. The molecule has 1 heterocycles. The maximum Gasteiger partial charge on any atom is 0.116 e. The van der Waals surface area contributed by atoms with E-state index in [1.807, 2.05) is 13.1 Å². The van der Waals surface area contributed by atoms with Crippen molar-refractivity contribution in [1.29, 1.82) is 0 Å². The first kappa shape index (κ1) is 7.79. The van der Waals surface area contributed by atoms with Crippen LogP contribution in [0.15, 0.2) is 30.5 Å². The van der Waals surface area contributed by atoms with Crippen molar-refractivity contribution in [2.24, 2.45) is 7.05 Å². The molecule has 2 rings (SSSR count). The minimum atomic E-state index is 0.249. The smallest absolute Gasteiger partial charge is 0.116 e. The van der Waals surface area contributed by atoms with Crippen molar-refractivity contribution >= 4 is 0 Å². The van der Waals surface area contributed by atoms with Crippen molar-refractivity contribution < 1.29 is 5.11 Å². The highest BCUT2D eigenvalue weighted by molar-refractivity contribution is 5.60. The van der Waals surface area contributed by atoms with Crippen LogP contribution in [0.5, 0.6) is 5.75 Å². The Morgan fingerprint density at radius 3 is 2.85 bits per heavy atom. The summed E-state index contributed by atoms with van der Waals surface area (Å²) in [6.45, 7) is 0. The number of aromatic nitrogens is 3. The van der Waals surface area contributed by atoms with E-state index in [4.69, 9.17) is 0 Å². The molecule has 0 amide bonds. The summed E-state index contributed by atoms with van der Waals surface area (Å²) in [5.74, 6) is 0.249. The van der Waals surface area contributed by atoms with Gasteiger partial charge >= 0.3 is 0 Å². The van der Waals surface area contributed by atoms with Gasteiger partial charge in [-0.05, 0) is 12.1 Å². The monoisotopic (exact) mass is 175 g/mol. The van der Waals surface area contributed by atoms with Gasteiger partial charge in [0.2, 0.25) is 0 Å². The summed E-state index contributed by atoms with van der Waals surface area (Å²) in [5.41, 5.74) is 1.79. The summed E-state index contributed by atoms with van der Waals surface area (Å²) in [4.78, 5) is 0. The van der Waals surface area contributed by atoms with E-state index in [-0.39, 0.29) is 5.75 Å². The van der Waals surface area contributed by atoms with Crippen LogP contribution in [0, 0.1) is 0 Å². The van der Waals surface area contributed by atoms with Gasteiger partial charge in [-0.25, -0.2) is 4.68 Å². The third-order valence-electron chi connectivity index (χ3n) is 1.86. The Labute approximate surface area is 75.4 Å². The lowest BCUT2D eigenvalue weighted by Gasteiger charge is -2.00. The van der Waals surface area contributed by atoms with Gasteiger partial charge in [0.1, 0.15) is 5.75 Å². The van der Waals surface area contributed by atoms with E-state index in [1.54, 1.807) is 29.1 Å². The minimum absolute atomic E-state index is 0.249. The maximum atomic E-state index is 9.25. The normalized spacial score (nSPS) is 10.2. The van der Waals surface area contributed by atoms with Crippen LogP contribution in [0.2, 0.25) is 0 Å². The SMILES string of the molecule is Cn1nncc1-c1cccc(O)c1. The minimum Gasteiger partial charge on any atom is -0.508 e. The molecule has 1 aromatic carbocycles. The number of aromatic hydroxyl groups is 1. The molecule has 1 aromatic heterocycles. The third kappa shape index (κ3) is 1.38. The molecule has 0 saturated carbocycles. The van der Waals surface area contributed by atoms with Gasteiger partial charge < -0.3 is 5.11 Å². The van der Waals surface area contributed by atoms with Gasteiger partial charge in [0, 0.05) is 12.6 Å². The zero-order valence-electron chi connectivity index (χ0n) is 7.18. The van der Waals surface area contributed by atoms with E-state index in [0.29, 0.717) is 0 Å². The lowest BCUT2D eigenvalue weighted by atomic mass is 10.1. The number of hydrogen-bond donors (Lipinski definition) is 1. The number of aryl methyl sites for hydroxylation is 1. The van der Waals surface area contributed by atoms with Crippen LogP contribution in [0.4, 0.5) is 0 Å². The summed E-state index contributed by atoms with van der Waals surface area (Å²) >= 11 is 0. The largest absolute Gasteiger partial charge is 0.508 e. The molecular formula is C9H9N3O. The number of rotatable bonds is 1. The van der Waals surface area contributed by atoms with Crippen molar-refractivity contribution in [3.05, 3.63) is 30.5 Å². The quantitative estimate of drug-likeness (QED) is 0.708. The van der Waals surface area contributed by atoms with Gasteiger partial charge in [-0.3, -0.25) is 0 Å². The van der Waals surface area contributed by atoms with Crippen LogP contribution in [0.25, 0.3) is 11.3 Å². The number of hydrogen-bond acceptors (Lipinski definition) is 3. The molecule has 13 heavy (non-hydrogen) atoms. The second-order valence-electron chi connectivity index (χ2n) is 2.79. The average molecular weight is 175 g/mol. The van der Waals surface area contributed by atoms with Gasteiger partial charge in [-0.15, -0.1) is 5.10 Å². The molecule has 66 valence electrons. The molecule has 0 aliphatic carbocycles. The van der Waals surface area contributed by atoms with E-state index in [2.05, 4.69) is 10.3 Å². The molecule has 0 atom stereocenters. The number of phenols is 1. The molecule has 2 aromatic rings. The molecule has 0 aliphatic rings. The Balaban J connectivity index is 2.53. The average Bonchev–Trinajstić information content (AvgIpc) is 2.51. The van der Waals surface area contributed by atoms with Gasteiger partial charge in [0.05, 0.1) is 11.9 Å². The predicted molar refractivity (Wildman–Crippen MR) is 48.1 cm³/mol. The Hall–Kier alpha value is -1.84. The fourth-order valence-corrected chi connectivity index (χ4v) is 1.22. The van der Waals surface area contributed by atoms with Gasteiger partial charge in [0.25, 0.3) is 0 Å². The fraction of sp³-hybridized carbons (Fsp3) is 0.111. The summed E-state index contributed by atoms with van der Waals surface area (Å²) in [7, 11) is 1.81. The van der Waals surface area contributed by atoms with E-state index in [9.17, 15) is 5.11 Å². The van der Waals surface area contributed by atoms with Crippen molar-refractivity contribution in [2.75, 3.05) is 0 Å². The summed E-state index contributed by atoms with van der Waals surface area (Å²) < 4.78 is 1.66. The van der Waals surface area contributed by atoms with Gasteiger partial charge in [-0.1, -0.05) is 17.3 Å². The van der Waals surface area contributed by atoms with E-state index >= 15 is 0 Å². The van der Waals surface area contributed by atoms with Gasteiger partial charge in [-0.2, -0.15) is 0 Å². The molecule has 0 radical (unpaired) electrons. The number of phenolic OH excluding ortho intramolecular Hbond substituents is 1. The lowest BCUT2D eigenvalue weighted by molar-refractivity contribution is 0.475. The topological polar surface area (TPSA) is 50.9 Å². The second kappa shape index (κ2) is 2.90. The van der Waals surface area contributed by atoms with Crippen LogP contribution >= 0.6 is 0 Å². The molecule has 4 heteroatoms. The predicted octanol–water partition coefficient (Wildman–Crippen LogP) is 1.19. The molecule has 0 unspecified atom stereocenters. The molecular weight excluding hydrogens is 166 g/mol. The fourth-order valence-electron chi connectivity index (χ4n) is 1.22. The van der Waals surface area contributed by atoms with E-state index in [0.717, 1.165) is 11.3 Å².